The molecule has 5 heteroatoms. The van der Waals surface area contributed by atoms with E-state index in [1.165, 1.54) is 25.3 Å². The van der Waals surface area contributed by atoms with E-state index in [0.29, 0.717) is 17.9 Å². The predicted molar refractivity (Wildman–Crippen MR) is 64.8 cm³/mol. The zero-order chi connectivity index (χ0) is 13.0. The van der Waals surface area contributed by atoms with Crippen LogP contribution >= 0.6 is 0 Å². The predicted octanol–water partition coefficient (Wildman–Crippen LogP) is 1.65. The van der Waals surface area contributed by atoms with Gasteiger partial charge >= 0.3 is 0 Å². The van der Waals surface area contributed by atoms with E-state index in [4.69, 9.17) is 4.74 Å². The maximum absolute atomic E-state index is 13.0. The third-order valence-corrected chi connectivity index (χ3v) is 2.40. The molecule has 0 unspecified atom stereocenters. The molecule has 0 amide bonds. The van der Waals surface area contributed by atoms with E-state index in [9.17, 15) is 9.18 Å². The quantitative estimate of drug-likeness (QED) is 0.895. The highest BCUT2D eigenvalue weighted by molar-refractivity contribution is 5.20. The maximum atomic E-state index is 13.0. The molecule has 0 aliphatic rings. The van der Waals surface area contributed by atoms with Crippen LogP contribution in [0.25, 0.3) is 0 Å². The van der Waals surface area contributed by atoms with E-state index in [0.717, 1.165) is 5.56 Å². The van der Waals surface area contributed by atoms with E-state index in [2.05, 4.69) is 9.97 Å². The second kappa shape index (κ2) is 5.55. The largest absolute Gasteiger partial charge is 0.378 e. The van der Waals surface area contributed by atoms with Gasteiger partial charge in [0.1, 0.15) is 11.6 Å². The lowest BCUT2D eigenvalue weighted by Crippen LogP contribution is -2.13. The average molecular weight is 248 g/mol. The molecule has 0 spiro atoms. The number of rotatable bonds is 4. The van der Waals surface area contributed by atoms with Crippen LogP contribution in [0.2, 0.25) is 0 Å². The molecular formula is C13H13FN2O2. The third-order valence-electron chi connectivity index (χ3n) is 2.40. The first-order valence-corrected chi connectivity index (χ1v) is 5.50. The molecule has 0 radical (unpaired) electrons. The van der Waals surface area contributed by atoms with Crippen LogP contribution in [0.15, 0.2) is 35.1 Å². The molecule has 0 aliphatic heterocycles. The molecule has 1 aromatic heterocycles. The molecule has 18 heavy (non-hydrogen) atoms. The van der Waals surface area contributed by atoms with Gasteiger partial charge in [-0.05, 0) is 17.7 Å². The number of methoxy groups -OCH3 is 1. The number of halogens is 1. The van der Waals surface area contributed by atoms with Crippen molar-refractivity contribution in [1.82, 2.24) is 9.97 Å². The van der Waals surface area contributed by atoms with Gasteiger partial charge in [0.15, 0.2) is 0 Å². The Hall–Kier alpha value is -2.01. The van der Waals surface area contributed by atoms with Crippen LogP contribution in [0.5, 0.6) is 0 Å². The van der Waals surface area contributed by atoms with Crippen LogP contribution in [0.3, 0.4) is 0 Å². The van der Waals surface area contributed by atoms with Gasteiger partial charge in [0.2, 0.25) is 0 Å². The molecule has 0 bridgehead atoms. The summed E-state index contributed by atoms with van der Waals surface area (Å²) in [4.78, 5) is 18.3. The van der Waals surface area contributed by atoms with Gasteiger partial charge in [-0.2, -0.15) is 0 Å². The van der Waals surface area contributed by atoms with Gasteiger partial charge in [0.05, 0.1) is 12.3 Å². The smallest absolute Gasteiger partial charge is 0.251 e. The molecule has 0 saturated heterocycles. The summed E-state index contributed by atoms with van der Waals surface area (Å²) in [5, 5.41) is 0. The number of nitrogens with zero attached hydrogens (tertiary/aromatic N) is 1. The average Bonchev–Trinajstić information content (AvgIpc) is 2.28. The second-order valence-electron chi connectivity index (χ2n) is 3.92. The van der Waals surface area contributed by atoms with E-state index < -0.39 is 0 Å². The topological polar surface area (TPSA) is 55.0 Å². The first kappa shape index (κ1) is 12.4. The molecule has 2 aromatic rings. The van der Waals surface area contributed by atoms with E-state index in [-0.39, 0.29) is 18.0 Å². The molecule has 0 saturated carbocycles. The maximum Gasteiger partial charge on any atom is 0.251 e. The van der Waals surface area contributed by atoms with Crippen LogP contribution in [0.1, 0.15) is 17.1 Å². The fourth-order valence-electron chi connectivity index (χ4n) is 1.71. The highest BCUT2D eigenvalue weighted by atomic mass is 19.1. The van der Waals surface area contributed by atoms with Gasteiger partial charge in [-0.15, -0.1) is 0 Å². The number of aromatic amines is 1. The SMILES string of the molecule is COCc1cc(=O)[nH]c(Cc2cccc(F)c2)n1. The van der Waals surface area contributed by atoms with Gasteiger partial charge in [-0.25, -0.2) is 9.37 Å². The highest BCUT2D eigenvalue weighted by Crippen LogP contribution is 2.07. The molecule has 0 fully saturated rings. The number of hydrogen-bond acceptors (Lipinski definition) is 3. The Kier molecular flexibility index (Phi) is 3.84. The zero-order valence-corrected chi connectivity index (χ0v) is 9.94. The number of benzene rings is 1. The molecule has 1 heterocycles. The fraction of sp³-hybridized carbons (Fsp3) is 0.231. The summed E-state index contributed by atoms with van der Waals surface area (Å²) in [5.74, 6) is 0.197. The standard InChI is InChI=1S/C13H13FN2O2/c1-18-8-11-7-13(17)16-12(15-11)6-9-3-2-4-10(14)5-9/h2-5,7H,6,8H2,1H3,(H,15,16,17). The second-order valence-corrected chi connectivity index (χ2v) is 3.92. The fourth-order valence-corrected chi connectivity index (χ4v) is 1.71. The minimum absolute atomic E-state index is 0.233. The summed E-state index contributed by atoms with van der Waals surface area (Å²) in [7, 11) is 1.54. The minimum Gasteiger partial charge on any atom is -0.378 e. The number of ether oxygens (including phenoxy) is 1. The summed E-state index contributed by atoms with van der Waals surface area (Å²) in [5.41, 5.74) is 1.09. The van der Waals surface area contributed by atoms with Crippen LogP contribution in [0, 0.1) is 5.82 Å². The third kappa shape index (κ3) is 3.24. The Balaban J connectivity index is 2.26. The Morgan fingerprint density at radius 3 is 2.94 bits per heavy atom. The van der Waals surface area contributed by atoms with Crippen LogP contribution in [-0.4, -0.2) is 17.1 Å². The molecule has 1 aromatic carbocycles. The van der Waals surface area contributed by atoms with Crippen molar-refractivity contribution in [3.05, 3.63) is 63.6 Å². The number of aromatic nitrogens is 2. The van der Waals surface area contributed by atoms with E-state index in [1.54, 1.807) is 12.1 Å². The van der Waals surface area contributed by atoms with Gasteiger partial charge in [-0.1, -0.05) is 12.1 Å². The van der Waals surface area contributed by atoms with Crippen LogP contribution < -0.4 is 5.56 Å². The number of nitrogens with one attached hydrogen (secondary N) is 1. The van der Waals surface area contributed by atoms with Crippen molar-refractivity contribution < 1.29 is 9.13 Å². The van der Waals surface area contributed by atoms with Crippen molar-refractivity contribution in [2.45, 2.75) is 13.0 Å². The van der Waals surface area contributed by atoms with Gasteiger partial charge in [0.25, 0.3) is 5.56 Å². The van der Waals surface area contributed by atoms with Crippen LogP contribution in [-0.2, 0) is 17.8 Å². The van der Waals surface area contributed by atoms with Gasteiger partial charge < -0.3 is 9.72 Å². The molecule has 94 valence electrons. The molecule has 4 nitrogen and oxygen atoms in total. The van der Waals surface area contributed by atoms with Gasteiger partial charge in [-0.3, -0.25) is 4.79 Å². The molecule has 0 aliphatic carbocycles. The first-order chi connectivity index (χ1) is 8.67. The minimum atomic E-state index is -0.303. The van der Waals surface area contributed by atoms with Crippen molar-refractivity contribution in [3.8, 4) is 0 Å². The molecule has 2 rings (SSSR count). The molecular weight excluding hydrogens is 235 g/mol. The lowest BCUT2D eigenvalue weighted by atomic mass is 10.1. The molecule has 0 atom stereocenters. The summed E-state index contributed by atoms with van der Waals surface area (Å²) < 4.78 is 18.0. The first-order valence-electron chi connectivity index (χ1n) is 5.50. The summed E-state index contributed by atoms with van der Waals surface area (Å²) in [6.07, 6.45) is 0.380. The Morgan fingerprint density at radius 1 is 1.39 bits per heavy atom. The Morgan fingerprint density at radius 2 is 2.22 bits per heavy atom. The van der Waals surface area contributed by atoms with Gasteiger partial charge in [0, 0.05) is 19.6 Å². The van der Waals surface area contributed by atoms with E-state index >= 15 is 0 Å². The van der Waals surface area contributed by atoms with Crippen molar-refractivity contribution in [2.75, 3.05) is 7.11 Å². The summed E-state index contributed by atoms with van der Waals surface area (Å²) in [6, 6.07) is 7.59. The van der Waals surface area contributed by atoms with E-state index in [1.807, 2.05) is 0 Å². The highest BCUT2D eigenvalue weighted by Gasteiger charge is 2.03. The van der Waals surface area contributed by atoms with Crippen LogP contribution in [0.4, 0.5) is 4.39 Å². The summed E-state index contributed by atoms with van der Waals surface area (Å²) >= 11 is 0. The Labute approximate surface area is 103 Å². The lowest BCUT2D eigenvalue weighted by Gasteiger charge is -2.04. The Bertz CT molecular complexity index is 596. The van der Waals surface area contributed by atoms with Crippen molar-refractivity contribution in [2.24, 2.45) is 0 Å². The lowest BCUT2D eigenvalue weighted by molar-refractivity contribution is 0.181. The normalized spacial score (nSPS) is 10.6. The molecule has 1 N–H and O–H groups in total. The van der Waals surface area contributed by atoms with Crippen molar-refractivity contribution in [1.29, 1.82) is 0 Å². The van der Waals surface area contributed by atoms with Crippen molar-refractivity contribution in [3.63, 3.8) is 0 Å². The summed E-state index contributed by atoms with van der Waals surface area (Å²) in [6.45, 7) is 0.278. The number of H-pyrrole nitrogens is 1. The zero-order valence-electron chi connectivity index (χ0n) is 9.94. The monoisotopic (exact) mass is 248 g/mol. The number of hydrogen-bond donors (Lipinski definition) is 1. The van der Waals surface area contributed by atoms with Crippen molar-refractivity contribution >= 4 is 0 Å².